The van der Waals surface area contributed by atoms with Crippen molar-refractivity contribution in [2.45, 2.75) is 0 Å². The van der Waals surface area contributed by atoms with E-state index < -0.39 is 0 Å². The van der Waals surface area contributed by atoms with E-state index in [-0.39, 0.29) is 0 Å². The average Bonchev–Trinajstić information content (AvgIpc) is 1.91. The van der Waals surface area contributed by atoms with Gasteiger partial charge in [0, 0.05) is 5.57 Å². The summed E-state index contributed by atoms with van der Waals surface area (Å²) in [5, 5.41) is 3.85. The fourth-order valence-corrected chi connectivity index (χ4v) is 0.578. The summed E-state index contributed by atoms with van der Waals surface area (Å²) in [6.07, 6.45) is 8.88. The lowest BCUT2D eigenvalue weighted by atomic mass is 10.2. The molecular weight excluding hydrogens is 114 g/mol. The summed E-state index contributed by atoms with van der Waals surface area (Å²) in [6.45, 7) is 0. The maximum absolute atomic E-state index is 4.78. The van der Waals surface area contributed by atoms with Gasteiger partial charge in [0.05, 0.1) is 13.4 Å². The minimum atomic E-state index is 1.03. The molecule has 0 aromatic rings. The van der Waals surface area contributed by atoms with Gasteiger partial charge in [0.15, 0.2) is 0 Å². The number of allylic oxidation sites excluding steroid dienone is 3. The summed E-state index contributed by atoms with van der Waals surface area (Å²) in [7, 11) is 1.63. The minimum Gasteiger partial charge on any atom is -0.670 e. The first-order valence-electron chi connectivity index (χ1n) is 2.69. The van der Waals surface area contributed by atoms with Gasteiger partial charge in [0.25, 0.3) is 0 Å². The van der Waals surface area contributed by atoms with E-state index in [9.17, 15) is 0 Å². The molecule has 0 bridgehead atoms. The second-order valence-electron chi connectivity index (χ2n) is 1.63. The highest BCUT2D eigenvalue weighted by Crippen LogP contribution is 2.08. The summed E-state index contributed by atoms with van der Waals surface area (Å²) < 4.78 is 4.78. The first-order chi connectivity index (χ1) is 4.43. The largest absolute Gasteiger partial charge is 0.670 e. The normalized spacial score (nSPS) is 15.0. The van der Waals surface area contributed by atoms with Crippen LogP contribution >= 0.6 is 0 Å². The topological polar surface area (TPSA) is 23.3 Å². The molecule has 1 aliphatic heterocycles. The Morgan fingerprint density at radius 2 is 2.11 bits per heavy atom. The van der Waals surface area contributed by atoms with E-state index in [4.69, 9.17) is 4.74 Å². The maximum atomic E-state index is 4.78. The number of methoxy groups -OCH3 is 1. The molecule has 9 heavy (non-hydrogen) atoms. The highest BCUT2D eigenvalue weighted by atomic mass is 16.5. The van der Waals surface area contributed by atoms with Crippen LogP contribution in [0.3, 0.4) is 0 Å². The van der Waals surface area contributed by atoms with Gasteiger partial charge in [-0.25, -0.2) is 0 Å². The van der Waals surface area contributed by atoms with E-state index in [2.05, 4.69) is 5.32 Å². The summed E-state index contributed by atoms with van der Waals surface area (Å²) in [6, 6.07) is 0. The smallest absolute Gasteiger partial charge is 0.0895 e. The number of ether oxygens (including phenoxy) is 1. The van der Waals surface area contributed by atoms with Crippen molar-refractivity contribution in [3.63, 3.8) is 0 Å². The lowest BCUT2D eigenvalue weighted by Crippen LogP contribution is -1.77. The van der Waals surface area contributed by atoms with E-state index in [1.54, 1.807) is 25.8 Å². The van der Waals surface area contributed by atoms with E-state index in [0.29, 0.717) is 0 Å². The summed E-state index contributed by atoms with van der Waals surface area (Å²) in [5.74, 6) is 0. The first-order valence-corrected chi connectivity index (χ1v) is 2.69. The fourth-order valence-electron chi connectivity index (χ4n) is 0.578. The minimum absolute atomic E-state index is 1.03. The molecule has 1 aliphatic rings. The van der Waals surface area contributed by atoms with Gasteiger partial charge in [0.1, 0.15) is 0 Å². The second kappa shape index (κ2) is 2.97. The van der Waals surface area contributed by atoms with Gasteiger partial charge in [-0.1, -0.05) is 12.2 Å². The van der Waals surface area contributed by atoms with E-state index >= 15 is 0 Å². The zero-order valence-corrected chi connectivity index (χ0v) is 5.24. The number of rotatable bonds is 1. The van der Waals surface area contributed by atoms with Crippen molar-refractivity contribution in [3.8, 4) is 0 Å². The molecule has 0 saturated carbocycles. The Morgan fingerprint density at radius 1 is 1.44 bits per heavy atom. The van der Waals surface area contributed by atoms with Crippen LogP contribution in [0.4, 0.5) is 0 Å². The van der Waals surface area contributed by atoms with E-state index in [1.165, 1.54) is 0 Å². The van der Waals surface area contributed by atoms with Crippen LogP contribution in [0.2, 0.25) is 0 Å². The fraction of sp³-hybridized carbons (Fsp3) is 0.143. The van der Waals surface area contributed by atoms with Crippen LogP contribution in [0.15, 0.2) is 36.4 Å². The molecule has 0 N–H and O–H groups in total. The van der Waals surface area contributed by atoms with Crippen LogP contribution in [0.5, 0.6) is 0 Å². The van der Waals surface area contributed by atoms with Gasteiger partial charge in [-0.15, -0.1) is 0 Å². The zero-order valence-electron chi connectivity index (χ0n) is 5.24. The van der Waals surface area contributed by atoms with E-state index in [1.807, 2.05) is 12.2 Å². The second-order valence-corrected chi connectivity index (χ2v) is 1.63. The quantitative estimate of drug-likeness (QED) is 0.487. The van der Waals surface area contributed by atoms with Crippen LogP contribution in [0.1, 0.15) is 0 Å². The van der Waals surface area contributed by atoms with Crippen LogP contribution in [-0.2, 0) is 4.74 Å². The third-order valence-corrected chi connectivity index (χ3v) is 0.960. The Labute approximate surface area is 54.5 Å². The predicted molar refractivity (Wildman–Crippen MR) is 36.7 cm³/mol. The highest BCUT2D eigenvalue weighted by molar-refractivity contribution is 5.38. The van der Waals surface area contributed by atoms with Crippen molar-refractivity contribution in [2.75, 3.05) is 7.11 Å². The molecule has 48 valence electrons. The standard InChI is InChI=1S/C7H8NO/c1-9-6-7-2-4-8-5-3-7/h2-6H,1H3/q-1. The summed E-state index contributed by atoms with van der Waals surface area (Å²) in [5.41, 5.74) is 1.03. The van der Waals surface area contributed by atoms with Crippen molar-refractivity contribution >= 4 is 0 Å². The monoisotopic (exact) mass is 122 g/mol. The van der Waals surface area contributed by atoms with E-state index in [0.717, 1.165) is 5.57 Å². The molecule has 0 fully saturated rings. The van der Waals surface area contributed by atoms with Crippen LogP contribution in [0.25, 0.3) is 5.32 Å². The molecule has 0 atom stereocenters. The molecule has 0 aliphatic carbocycles. The van der Waals surface area contributed by atoms with Crippen molar-refractivity contribution in [1.82, 2.24) is 0 Å². The molecule has 0 saturated heterocycles. The Hall–Kier alpha value is -1.18. The third-order valence-electron chi connectivity index (χ3n) is 0.960. The molecule has 2 heteroatoms. The summed E-state index contributed by atoms with van der Waals surface area (Å²) in [4.78, 5) is 0. The number of hydrogen-bond donors (Lipinski definition) is 0. The lowest BCUT2D eigenvalue weighted by Gasteiger charge is -2.11. The Bertz CT molecular complexity index is 154. The van der Waals surface area contributed by atoms with Gasteiger partial charge in [-0.2, -0.15) is 12.4 Å². The predicted octanol–water partition coefficient (Wildman–Crippen LogP) is 1.93. The SMILES string of the molecule is COC=C1C=C[N-]C=C1. The Kier molecular flexibility index (Phi) is 1.96. The average molecular weight is 122 g/mol. The van der Waals surface area contributed by atoms with Crippen LogP contribution in [-0.4, -0.2) is 7.11 Å². The molecule has 0 radical (unpaired) electrons. The molecule has 0 aromatic carbocycles. The molecule has 1 heterocycles. The highest BCUT2D eigenvalue weighted by Gasteiger charge is 1.82. The summed E-state index contributed by atoms with van der Waals surface area (Å²) >= 11 is 0. The Morgan fingerprint density at radius 3 is 2.67 bits per heavy atom. The van der Waals surface area contributed by atoms with Gasteiger partial charge in [0.2, 0.25) is 0 Å². The first kappa shape index (κ1) is 5.95. The van der Waals surface area contributed by atoms with Crippen molar-refractivity contribution in [2.24, 2.45) is 0 Å². The number of hydrogen-bond acceptors (Lipinski definition) is 1. The van der Waals surface area contributed by atoms with Crippen molar-refractivity contribution in [3.05, 3.63) is 41.7 Å². The van der Waals surface area contributed by atoms with Crippen LogP contribution < -0.4 is 0 Å². The molecule has 0 unspecified atom stereocenters. The van der Waals surface area contributed by atoms with Crippen LogP contribution in [0, 0.1) is 0 Å². The van der Waals surface area contributed by atoms with Gasteiger partial charge in [-0.05, 0) is 0 Å². The third kappa shape index (κ3) is 1.64. The van der Waals surface area contributed by atoms with Crippen molar-refractivity contribution in [1.29, 1.82) is 0 Å². The van der Waals surface area contributed by atoms with Gasteiger partial charge in [-0.3, -0.25) is 0 Å². The molecule has 1 rings (SSSR count). The van der Waals surface area contributed by atoms with Gasteiger partial charge >= 0.3 is 0 Å². The molecule has 2 nitrogen and oxygen atoms in total. The molecule has 0 spiro atoms. The molecule has 0 aromatic heterocycles. The molecular formula is C7H8NO-. The Balaban J connectivity index is 2.59. The lowest BCUT2D eigenvalue weighted by molar-refractivity contribution is 0.336. The van der Waals surface area contributed by atoms with Gasteiger partial charge < -0.3 is 10.1 Å². The number of nitrogens with zero attached hydrogens (tertiary/aromatic N) is 1. The van der Waals surface area contributed by atoms with Crippen molar-refractivity contribution < 1.29 is 4.74 Å². The maximum Gasteiger partial charge on any atom is 0.0895 e. The molecule has 0 amide bonds. The zero-order chi connectivity index (χ0) is 6.53.